The molecule has 34 heavy (non-hydrogen) atoms. The second-order valence-electron chi connectivity index (χ2n) is 7.44. The van der Waals surface area contributed by atoms with Gasteiger partial charge in [0.15, 0.2) is 6.29 Å². The lowest BCUT2D eigenvalue weighted by molar-refractivity contribution is -0.252. The quantitative estimate of drug-likeness (QED) is 0.195. The largest absolute Gasteiger partial charge is 0.497 e. The van der Waals surface area contributed by atoms with E-state index in [1.165, 1.54) is 33.1 Å². The molecule has 192 valence electrons. The molecule has 7 atom stereocenters. The topological polar surface area (TPSA) is 182 Å². The number of esters is 1. The number of ether oxygens (including phenoxy) is 3. The summed E-state index contributed by atoms with van der Waals surface area (Å²) in [6, 6.07) is 3.65. The summed E-state index contributed by atoms with van der Waals surface area (Å²) in [6.45, 7) is 3.66. The highest BCUT2D eigenvalue weighted by Gasteiger charge is 2.45. The molecule has 0 aliphatic carbocycles. The van der Waals surface area contributed by atoms with Gasteiger partial charge in [-0.1, -0.05) is 0 Å². The summed E-state index contributed by atoms with van der Waals surface area (Å²) in [5.41, 5.74) is 0. The first-order chi connectivity index (χ1) is 16.0. The Kier molecular flexibility index (Phi) is 10.3. The Morgan fingerprint density at radius 1 is 1.15 bits per heavy atom. The minimum atomic E-state index is -4.28. The summed E-state index contributed by atoms with van der Waals surface area (Å²) in [7, 11) is -2.81. The van der Waals surface area contributed by atoms with Crippen molar-refractivity contribution >= 4 is 19.6 Å². The van der Waals surface area contributed by atoms with Gasteiger partial charge in [-0.15, -0.1) is 0 Å². The molecule has 1 unspecified atom stereocenters. The normalized spacial score (nSPS) is 27.2. The number of aliphatic hydroxyl groups is 3. The summed E-state index contributed by atoms with van der Waals surface area (Å²) < 4.78 is 39.6. The van der Waals surface area contributed by atoms with Gasteiger partial charge >= 0.3 is 13.7 Å². The lowest BCUT2D eigenvalue weighted by Gasteiger charge is -2.40. The van der Waals surface area contributed by atoms with Crippen molar-refractivity contribution in [3.63, 3.8) is 0 Å². The summed E-state index contributed by atoms with van der Waals surface area (Å²) in [5.74, 6) is -0.624. The van der Waals surface area contributed by atoms with Crippen LogP contribution in [0.15, 0.2) is 24.3 Å². The number of nitrogens with one attached hydrogen (secondary N) is 2. The Morgan fingerprint density at radius 3 is 2.32 bits per heavy atom. The van der Waals surface area contributed by atoms with Crippen LogP contribution in [0.1, 0.15) is 20.8 Å². The Morgan fingerprint density at radius 2 is 1.76 bits per heavy atom. The predicted molar refractivity (Wildman–Crippen MR) is 117 cm³/mol. The molecule has 1 aromatic rings. The number of benzene rings is 1. The van der Waals surface area contributed by atoms with Crippen molar-refractivity contribution in [3.05, 3.63) is 24.3 Å². The van der Waals surface area contributed by atoms with E-state index in [1.54, 1.807) is 19.1 Å². The highest BCUT2D eigenvalue weighted by Crippen LogP contribution is 2.45. The fraction of sp³-hybridized carbons (Fsp3) is 0.600. The van der Waals surface area contributed by atoms with E-state index in [2.05, 4.69) is 10.4 Å². The minimum absolute atomic E-state index is 0.0999. The van der Waals surface area contributed by atoms with Crippen LogP contribution < -0.4 is 19.7 Å². The first-order valence-electron chi connectivity index (χ1n) is 10.5. The van der Waals surface area contributed by atoms with Crippen LogP contribution in [-0.4, -0.2) is 84.2 Å². The van der Waals surface area contributed by atoms with Crippen molar-refractivity contribution in [2.75, 3.05) is 20.3 Å². The molecule has 1 saturated heterocycles. The molecular formula is C20H31N2O11P. The van der Waals surface area contributed by atoms with E-state index in [0.717, 1.165) is 0 Å². The zero-order chi connectivity index (χ0) is 25.5. The monoisotopic (exact) mass is 506 g/mol. The third-order valence-corrected chi connectivity index (χ3v) is 6.42. The molecular weight excluding hydrogens is 475 g/mol. The lowest BCUT2D eigenvalue weighted by atomic mass is 9.97. The summed E-state index contributed by atoms with van der Waals surface area (Å²) in [4.78, 5) is 23.3. The molecule has 0 spiro atoms. The Labute approximate surface area is 196 Å². The van der Waals surface area contributed by atoms with E-state index >= 15 is 0 Å². The van der Waals surface area contributed by atoms with Crippen molar-refractivity contribution < 1.29 is 52.7 Å². The van der Waals surface area contributed by atoms with E-state index in [-0.39, 0.29) is 12.4 Å². The Bertz CT molecular complexity index is 869. The third kappa shape index (κ3) is 7.64. The number of methoxy groups -OCH3 is 1. The standard InChI is InChI=1S/C20H31N2O11P/c1-5-30-19(26)11(2)22-34(28,33-14-8-6-13(29-4)7-9-14)31-10-15-17(24)18(25)16(20(27)32-15)21-12(3)23/h6-9,11,15-18,20,24-25,27H,5,10H2,1-4H3,(H,21,23)(H,22,28)/t11-,15+,16+,17+,18+,20-,34?/m0/s1. The molecule has 0 radical (unpaired) electrons. The fourth-order valence-corrected chi connectivity index (χ4v) is 4.57. The second-order valence-corrected chi connectivity index (χ2v) is 9.13. The van der Waals surface area contributed by atoms with Gasteiger partial charge in [-0.3, -0.25) is 14.1 Å². The number of carbonyl (C=O) groups is 2. The zero-order valence-electron chi connectivity index (χ0n) is 19.2. The van der Waals surface area contributed by atoms with Gasteiger partial charge in [-0.05, 0) is 38.1 Å². The lowest BCUT2D eigenvalue weighted by Crippen LogP contribution is -2.64. The summed E-state index contributed by atoms with van der Waals surface area (Å²) >= 11 is 0. The van der Waals surface area contributed by atoms with Crippen LogP contribution in [0, 0.1) is 0 Å². The van der Waals surface area contributed by atoms with Gasteiger partial charge < -0.3 is 39.4 Å². The van der Waals surface area contributed by atoms with Gasteiger partial charge in [0, 0.05) is 6.92 Å². The average Bonchev–Trinajstić information content (AvgIpc) is 2.78. The maximum atomic E-state index is 13.5. The molecule has 1 aromatic carbocycles. The average molecular weight is 506 g/mol. The first-order valence-corrected chi connectivity index (χ1v) is 12.0. The van der Waals surface area contributed by atoms with Crippen molar-refractivity contribution in [3.8, 4) is 11.5 Å². The van der Waals surface area contributed by atoms with E-state index in [9.17, 15) is 29.5 Å². The molecule has 5 N–H and O–H groups in total. The molecule has 2 rings (SSSR count). The molecule has 13 nitrogen and oxygen atoms in total. The van der Waals surface area contributed by atoms with Gasteiger partial charge in [0.1, 0.15) is 41.9 Å². The molecule has 0 bridgehead atoms. The van der Waals surface area contributed by atoms with Gasteiger partial charge in [0.05, 0.1) is 20.3 Å². The highest BCUT2D eigenvalue weighted by atomic mass is 31.2. The maximum absolute atomic E-state index is 13.5. The van der Waals surface area contributed by atoms with Crippen LogP contribution >= 0.6 is 7.75 Å². The van der Waals surface area contributed by atoms with Crippen molar-refractivity contribution in [1.29, 1.82) is 0 Å². The molecule has 0 aromatic heterocycles. The number of aliphatic hydroxyl groups excluding tert-OH is 3. The van der Waals surface area contributed by atoms with Gasteiger partial charge in [-0.25, -0.2) is 4.57 Å². The maximum Gasteiger partial charge on any atom is 0.459 e. The van der Waals surface area contributed by atoms with Crippen LogP contribution in [0.4, 0.5) is 0 Å². The number of hydrogen-bond acceptors (Lipinski definition) is 11. The van der Waals surface area contributed by atoms with Gasteiger partial charge in [0.2, 0.25) is 5.91 Å². The molecule has 0 saturated carbocycles. The highest BCUT2D eigenvalue weighted by molar-refractivity contribution is 7.52. The van der Waals surface area contributed by atoms with E-state index in [4.69, 9.17) is 23.3 Å². The van der Waals surface area contributed by atoms with Crippen LogP contribution in [0.2, 0.25) is 0 Å². The van der Waals surface area contributed by atoms with Crippen LogP contribution in [0.25, 0.3) is 0 Å². The molecule has 1 aliphatic rings. The SMILES string of the molecule is CCOC(=O)[C@H](C)NP(=O)(OC[C@H]1O[C@H](O)[C@H](NC(C)=O)[C@@H](O)[C@@H]1O)Oc1ccc(OC)cc1. The van der Waals surface area contributed by atoms with Crippen molar-refractivity contribution in [2.45, 2.75) is 57.5 Å². The Hall–Kier alpha value is -2.25. The summed E-state index contributed by atoms with van der Waals surface area (Å²) in [6.07, 6.45) is -6.24. The fourth-order valence-electron chi connectivity index (χ4n) is 3.07. The smallest absolute Gasteiger partial charge is 0.459 e. The van der Waals surface area contributed by atoms with Crippen LogP contribution in [0.3, 0.4) is 0 Å². The summed E-state index contributed by atoms with van der Waals surface area (Å²) in [5, 5.41) is 35.5. The molecule has 1 fully saturated rings. The Balaban J connectivity index is 2.16. The van der Waals surface area contributed by atoms with Crippen LogP contribution in [0.5, 0.6) is 11.5 Å². The first kappa shape index (κ1) is 28.0. The van der Waals surface area contributed by atoms with Crippen molar-refractivity contribution in [2.24, 2.45) is 0 Å². The van der Waals surface area contributed by atoms with Crippen LogP contribution in [-0.2, 0) is 28.2 Å². The predicted octanol–water partition coefficient (Wildman–Crippen LogP) is -0.316. The zero-order valence-corrected chi connectivity index (χ0v) is 20.1. The molecule has 1 aliphatic heterocycles. The third-order valence-electron chi connectivity index (χ3n) is 4.78. The molecule has 1 amide bonds. The minimum Gasteiger partial charge on any atom is -0.497 e. The van der Waals surface area contributed by atoms with Crippen molar-refractivity contribution in [1.82, 2.24) is 10.4 Å². The number of hydrogen-bond donors (Lipinski definition) is 5. The van der Waals surface area contributed by atoms with Gasteiger partial charge in [-0.2, -0.15) is 5.09 Å². The van der Waals surface area contributed by atoms with E-state index < -0.39 is 62.9 Å². The van der Waals surface area contributed by atoms with Gasteiger partial charge in [0.25, 0.3) is 0 Å². The number of rotatable bonds is 11. The second kappa shape index (κ2) is 12.5. The van der Waals surface area contributed by atoms with E-state index in [0.29, 0.717) is 5.75 Å². The molecule has 14 heteroatoms. The van der Waals surface area contributed by atoms with E-state index in [1.807, 2.05) is 0 Å². The number of amides is 1. The number of carbonyl (C=O) groups excluding carboxylic acids is 2. The molecule has 1 heterocycles.